The molecule has 1 atom stereocenters. The summed E-state index contributed by atoms with van der Waals surface area (Å²) < 4.78 is 49.2. The van der Waals surface area contributed by atoms with Crippen molar-refractivity contribution in [3.63, 3.8) is 0 Å². The Bertz CT molecular complexity index is 1340. The average Bonchev–Trinajstić information content (AvgIpc) is 3.23. The zero-order valence-electron chi connectivity index (χ0n) is 21.6. The number of rotatable bonds is 8. The van der Waals surface area contributed by atoms with E-state index in [0.29, 0.717) is 42.7 Å². The van der Waals surface area contributed by atoms with Gasteiger partial charge in [-0.1, -0.05) is 6.42 Å². The third-order valence-corrected chi connectivity index (χ3v) is 11.0. The molecule has 6 rings (SSSR count). The fourth-order valence-corrected chi connectivity index (χ4v) is 7.26. The molecule has 1 aliphatic carbocycles. The lowest BCUT2D eigenvalue weighted by Gasteiger charge is -2.32. The molecule has 1 amide bonds. The van der Waals surface area contributed by atoms with Gasteiger partial charge in [-0.2, -0.15) is 18.3 Å². The molecule has 2 aromatic heterocycles. The molecular weight excluding hydrogens is 515 g/mol. The average molecular weight is 548 g/mol. The Labute approximate surface area is 221 Å². The van der Waals surface area contributed by atoms with Crippen molar-refractivity contribution in [1.29, 1.82) is 0 Å². The highest BCUT2D eigenvalue weighted by Crippen LogP contribution is 2.57. The van der Waals surface area contributed by atoms with Crippen molar-refractivity contribution in [1.82, 2.24) is 19.3 Å². The number of imidazole rings is 1. The lowest BCUT2D eigenvalue weighted by molar-refractivity contribution is -0.137. The Morgan fingerprint density at radius 1 is 1.13 bits per heavy atom. The highest BCUT2D eigenvalue weighted by atomic mass is 32.3. The first-order valence-corrected chi connectivity index (χ1v) is 15.6. The zero-order valence-corrected chi connectivity index (χ0v) is 22.4. The molecule has 3 aromatic rings. The second kappa shape index (κ2) is 9.44. The largest absolute Gasteiger partial charge is 0.416 e. The van der Waals surface area contributed by atoms with E-state index in [4.69, 9.17) is 9.72 Å². The van der Waals surface area contributed by atoms with Crippen LogP contribution in [0.15, 0.2) is 36.7 Å². The van der Waals surface area contributed by atoms with E-state index in [1.807, 2.05) is 6.92 Å². The van der Waals surface area contributed by atoms with Gasteiger partial charge in [-0.15, -0.1) is 0 Å². The molecule has 0 radical (unpaired) electrons. The summed E-state index contributed by atoms with van der Waals surface area (Å²) in [5.41, 5.74) is 1.55. The van der Waals surface area contributed by atoms with Gasteiger partial charge in [-0.05, 0) is 61.8 Å². The van der Waals surface area contributed by atoms with Gasteiger partial charge in [0, 0.05) is 23.9 Å². The second-order valence-corrected chi connectivity index (χ2v) is 15.0. The third kappa shape index (κ3) is 4.64. The maximum Gasteiger partial charge on any atom is 0.416 e. The van der Waals surface area contributed by atoms with Gasteiger partial charge in [-0.25, -0.2) is 15.0 Å². The molecule has 3 aliphatic rings. The molecule has 0 spiro atoms. The van der Waals surface area contributed by atoms with Crippen LogP contribution in [-0.2, 0) is 17.6 Å². The summed E-state index contributed by atoms with van der Waals surface area (Å²) in [6.45, 7) is 3.34. The molecule has 11 heteroatoms. The van der Waals surface area contributed by atoms with Gasteiger partial charge in [0.25, 0.3) is 5.91 Å². The Morgan fingerprint density at radius 3 is 2.50 bits per heavy atom. The van der Waals surface area contributed by atoms with Crippen molar-refractivity contribution in [3.05, 3.63) is 53.7 Å². The second-order valence-electron chi connectivity index (χ2n) is 10.8. The summed E-state index contributed by atoms with van der Waals surface area (Å²) in [6, 6.07) is 4.59. The van der Waals surface area contributed by atoms with Crippen molar-refractivity contribution >= 4 is 21.6 Å². The van der Waals surface area contributed by atoms with Crippen molar-refractivity contribution in [2.24, 2.45) is 0 Å². The van der Waals surface area contributed by atoms with Crippen LogP contribution in [0.25, 0.3) is 11.3 Å². The Balaban J connectivity index is 1.31. The lowest BCUT2D eigenvalue weighted by atomic mass is 9.85. The molecule has 1 aromatic carbocycles. The minimum absolute atomic E-state index is 0.153. The number of anilines is 1. The van der Waals surface area contributed by atoms with Crippen molar-refractivity contribution in [3.8, 4) is 11.3 Å². The first-order chi connectivity index (χ1) is 18.1. The number of halogens is 3. The summed E-state index contributed by atoms with van der Waals surface area (Å²) in [5, 5.41) is 4.55. The third-order valence-electron chi connectivity index (χ3n) is 8.09. The molecule has 204 valence electrons. The molecule has 0 bridgehead atoms. The van der Waals surface area contributed by atoms with Crippen LogP contribution in [0.2, 0.25) is 0 Å². The smallest absolute Gasteiger partial charge is 0.360 e. The van der Waals surface area contributed by atoms with Crippen molar-refractivity contribution < 1.29 is 22.7 Å². The summed E-state index contributed by atoms with van der Waals surface area (Å²) in [6.07, 6.45) is 4.79. The number of ether oxygens (including phenoxy) is 1. The number of carbonyl (C=O) groups is 1. The fourth-order valence-electron chi connectivity index (χ4n) is 5.20. The number of hydrogen-bond acceptors (Lipinski definition) is 4. The van der Waals surface area contributed by atoms with E-state index in [1.165, 1.54) is 35.0 Å². The first-order valence-electron chi connectivity index (χ1n) is 13.1. The van der Waals surface area contributed by atoms with E-state index in [2.05, 4.69) is 15.9 Å². The van der Waals surface area contributed by atoms with Crippen LogP contribution in [0.4, 0.5) is 18.9 Å². The molecule has 4 heterocycles. The summed E-state index contributed by atoms with van der Waals surface area (Å²) in [5.74, 6) is 4.84. The van der Waals surface area contributed by atoms with Gasteiger partial charge in [0.2, 0.25) is 0 Å². The van der Waals surface area contributed by atoms with Crippen LogP contribution < -0.4 is 4.90 Å². The topological polar surface area (TPSA) is 65.2 Å². The number of amides is 1. The summed E-state index contributed by atoms with van der Waals surface area (Å²) >= 11 is 0. The molecule has 1 saturated carbocycles. The van der Waals surface area contributed by atoms with Crippen LogP contribution in [0.5, 0.6) is 0 Å². The normalized spacial score (nSPS) is 21.8. The number of hydrogen-bond donors (Lipinski definition) is 0. The number of aromatic nitrogens is 4. The standard InChI is InChI=1S/C27H32F3N5O2S/c1-18-16-33(21-8-6-20(7-9-21)27(28,29)30)26(36)24-22(14-32-35(18)24)23-15-31-25(19-4-3-5-19)34(23)17-37-10-11-38(2)12-13-38/h6-9,14-15,18-19H,3-5,10-13,16-17H2,1-2H3/t18-/m0/s1. The van der Waals surface area contributed by atoms with E-state index in [-0.39, 0.29) is 11.9 Å². The fraction of sp³-hybridized carbons (Fsp3) is 0.519. The van der Waals surface area contributed by atoms with Gasteiger partial charge >= 0.3 is 6.18 Å². The minimum atomic E-state index is -4.43. The van der Waals surface area contributed by atoms with E-state index in [9.17, 15) is 18.0 Å². The number of fused-ring (bicyclic) bond motifs is 1. The van der Waals surface area contributed by atoms with Crippen LogP contribution >= 0.6 is 10.0 Å². The van der Waals surface area contributed by atoms with Crippen LogP contribution in [0.1, 0.15) is 60.0 Å². The summed E-state index contributed by atoms with van der Waals surface area (Å²) in [4.78, 5) is 20.1. The molecule has 2 fully saturated rings. The van der Waals surface area contributed by atoms with Crippen molar-refractivity contribution in [2.45, 2.75) is 51.1 Å². The molecule has 1 saturated heterocycles. The lowest BCUT2D eigenvalue weighted by Crippen LogP contribution is -2.42. The minimum Gasteiger partial charge on any atom is -0.360 e. The van der Waals surface area contributed by atoms with Gasteiger partial charge in [-0.3, -0.25) is 9.48 Å². The van der Waals surface area contributed by atoms with Crippen LogP contribution in [0, 0.1) is 0 Å². The van der Waals surface area contributed by atoms with Gasteiger partial charge in [0.15, 0.2) is 0 Å². The maximum atomic E-state index is 13.8. The van der Waals surface area contributed by atoms with Crippen molar-refractivity contribution in [2.75, 3.05) is 41.6 Å². The first kappa shape index (κ1) is 25.5. The monoisotopic (exact) mass is 547 g/mol. The predicted molar refractivity (Wildman–Crippen MR) is 142 cm³/mol. The van der Waals surface area contributed by atoms with Gasteiger partial charge < -0.3 is 14.2 Å². The SMILES string of the molecule is C[C@H]1CN(c2ccc(C(F)(F)F)cc2)C(=O)c2c(-c3cnc(C4CCC4)n3COCCS3(C)CC3)cnn21. The Morgan fingerprint density at radius 2 is 1.87 bits per heavy atom. The Hall–Kier alpha value is -2.79. The quantitative estimate of drug-likeness (QED) is 0.269. The zero-order chi connectivity index (χ0) is 26.7. The summed E-state index contributed by atoms with van der Waals surface area (Å²) in [7, 11) is -0.433. The van der Waals surface area contributed by atoms with Gasteiger partial charge in [0.05, 0.1) is 41.9 Å². The molecule has 0 N–H and O–H groups in total. The van der Waals surface area contributed by atoms with Gasteiger partial charge in [0.1, 0.15) is 18.2 Å². The van der Waals surface area contributed by atoms with E-state index < -0.39 is 21.8 Å². The highest BCUT2D eigenvalue weighted by molar-refractivity contribution is 8.38. The van der Waals surface area contributed by atoms with E-state index >= 15 is 0 Å². The number of nitrogens with zero attached hydrogens (tertiary/aromatic N) is 5. The molecular formula is C27H32F3N5O2S. The molecule has 2 aliphatic heterocycles. The number of alkyl halides is 3. The maximum absolute atomic E-state index is 13.8. The number of benzene rings is 1. The predicted octanol–water partition coefficient (Wildman–Crippen LogP) is 5.68. The molecule has 38 heavy (non-hydrogen) atoms. The highest BCUT2D eigenvalue weighted by Gasteiger charge is 2.37. The number of carbonyl (C=O) groups excluding carboxylic acids is 1. The van der Waals surface area contributed by atoms with Crippen LogP contribution in [0.3, 0.4) is 0 Å². The Kier molecular flexibility index (Phi) is 6.33. The van der Waals surface area contributed by atoms with Crippen LogP contribution in [-0.4, -0.2) is 61.9 Å². The van der Waals surface area contributed by atoms with E-state index in [1.54, 1.807) is 17.1 Å². The molecule has 7 nitrogen and oxygen atoms in total. The van der Waals surface area contributed by atoms with E-state index in [0.717, 1.165) is 42.2 Å². The molecule has 0 unspecified atom stereocenters.